The summed E-state index contributed by atoms with van der Waals surface area (Å²) in [7, 11) is 0. The minimum absolute atomic E-state index is 0.266. The van der Waals surface area contributed by atoms with Crippen LogP contribution in [0.4, 0.5) is 5.69 Å². The Morgan fingerprint density at radius 2 is 1.93 bits per heavy atom. The molecule has 1 N–H and O–H groups in total. The molecule has 3 rings (SSSR count). The number of ether oxygens (including phenoxy) is 2. The fourth-order valence-corrected chi connectivity index (χ4v) is 3.24. The van der Waals surface area contributed by atoms with Crippen molar-refractivity contribution in [2.24, 2.45) is 0 Å². The number of halogens is 1. The van der Waals surface area contributed by atoms with Crippen LogP contribution in [0.2, 0.25) is 5.02 Å². The van der Waals surface area contributed by atoms with E-state index >= 15 is 0 Å². The molecule has 0 bridgehead atoms. The van der Waals surface area contributed by atoms with E-state index in [1.54, 1.807) is 18.3 Å². The third kappa shape index (κ3) is 5.33. The molecule has 7 heteroatoms. The first-order chi connectivity index (χ1) is 14.5. The zero-order valence-electron chi connectivity index (χ0n) is 17.4. The first kappa shape index (κ1) is 21.7. The van der Waals surface area contributed by atoms with Gasteiger partial charge in [0.15, 0.2) is 11.5 Å². The van der Waals surface area contributed by atoms with Crippen molar-refractivity contribution in [2.75, 3.05) is 18.5 Å². The van der Waals surface area contributed by atoms with Gasteiger partial charge in [0.2, 0.25) is 0 Å². The lowest BCUT2D eigenvalue weighted by molar-refractivity contribution is 0.102. The molecule has 0 unspecified atom stereocenters. The first-order valence-corrected chi connectivity index (χ1v) is 10.4. The molecule has 1 aromatic heterocycles. The number of rotatable bonds is 9. The number of carbonyl (C=O) groups excluding carboxylic acids is 1. The number of aryl methyl sites for hydroxylation is 1. The van der Waals surface area contributed by atoms with Crippen LogP contribution in [-0.2, 0) is 6.54 Å². The van der Waals surface area contributed by atoms with Gasteiger partial charge in [0.25, 0.3) is 5.91 Å². The molecule has 0 spiro atoms. The lowest BCUT2D eigenvalue weighted by Gasteiger charge is -2.15. The molecule has 0 atom stereocenters. The summed E-state index contributed by atoms with van der Waals surface area (Å²) in [5, 5.41) is 3.25. The predicted molar refractivity (Wildman–Crippen MR) is 119 cm³/mol. The highest BCUT2D eigenvalue weighted by molar-refractivity contribution is 6.32. The Balaban J connectivity index is 1.72. The minimum Gasteiger partial charge on any atom is -0.490 e. The molecule has 158 valence electrons. The SMILES string of the molecule is CCCOc1c(Cl)cc(C(=O)Nc2ccc(Cn3ccnc3C)cc2)cc1OCC. The minimum atomic E-state index is -0.266. The van der Waals surface area contributed by atoms with E-state index in [0.29, 0.717) is 41.0 Å². The highest BCUT2D eigenvalue weighted by atomic mass is 35.5. The van der Waals surface area contributed by atoms with Crippen LogP contribution in [-0.4, -0.2) is 28.7 Å². The third-order valence-electron chi connectivity index (χ3n) is 4.51. The van der Waals surface area contributed by atoms with Gasteiger partial charge in [-0.1, -0.05) is 30.7 Å². The van der Waals surface area contributed by atoms with Gasteiger partial charge in [-0.25, -0.2) is 4.98 Å². The van der Waals surface area contributed by atoms with Crippen molar-refractivity contribution in [1.29, 1.82) is 0 Å². The van der Waals surface area contributed by atoms with Gasteiger partial charge in [-0.2, -0.15) is 0 Å². The molecule has 6 nitrogen and oxygen atoms in total. The van der Waals surface area contributed by atoms with Crippen LogP contribution < -0.4 is 14.8 Å². The van der Waals surface area contributed by atoms with E-state index in [4.69, 9.17) is 21.1 Å². The van der Waals surface area contributed by atoms with E-state index in [1.165, 1.54) is 0 Å². The Labute approximate surface area is 181 Å². The highest BCUT2D eigenvalue weighted by Gasteiger charge is 2.16. The van der Waals surface area contributed by atoms with Crippen molar-refractivity contribution in [3.8, 4) is 11.5 Å². The van der Waals surface area contributed by atoms with Gasteiger partial charge < -0.3 is 19.4 Å². The molecule has 0 fully saturated rings. The molecule has 1 heterocycles. The molecule has 0 saturated heterocycles. The molecule has 0 aliphatic heterocycles. The van der Waals surface area contributed by atoms with Gasteiger partial charge in [-0.05, 0) is 50.1 Å². The zero-order chi connectivity index (χ0) is 21.5. The van der Waals surface area contributed by atoms with Crippen molar-refractivity contribution < 1.29 is 14.3 Å². The number of nitrogens with one attached hydrogen (secondary N) is 1. The monoisotopic (exact) mass is 427 g/mol. The Hall–Kier alpha value is -2.99. The average molecular weight is 428 g/mol. The van der Waals surface area contributed by atoms with Crippen molar-refractivity contribution in [2.45, 2.75) is 33.7 Å². The second kappa shape index (κ2) is 10.2. The summed E-state index contributed by atoms with van der Waals surface area (Å²) >= 11 is 6.36. The molecule has 0 radical (unpaired) electrons. The molecule has 2 aromatic carbocycles. The summed E-state index contributed by atoms with van der Waals surface area (Å²) < 4.78 is 13.4. The van der Waals surface area contributed by atoms with Crippen molar-refractivity contribution >= 4 is 23.2 Å². The molecular formula is C23H26ClN3O3. The molecule has 0 aliphatic rings. The van der Waals surface area contributed by atoms with E-state index in [1.807, 2.05) is 51.2 Å². The fraction of sp³-hybridized carbons (Fsp3) is 0.304. The summed E-state index contributed by atoms with van der Waals surface area (Å²) in [6.45, 7) is 7.55. The summed E-state index contributed by atoms with van der Waals surface area (Å²) in [5.74, 6) is 1.63. The van der Waals surface area contributed by atoms with Gasteiger partial charge in [0.05, 0.1) is 18.2 Å². The Bertz CT molecular complexity index is 999. The Morgan fingerprint density at radius 1 is 1.17 bits per heavy atom. The van der Waals surface area contributed by atoms with Crippen molar-refractivity contribution in [3.63, 3.8) is 0 Å². The topological polar surface area (TPSA) is 65.4 Å². The van der Waals surface area contributed by atoms with E-state index in [-0.39, 0.29) is 5.91 Å². The van der Waals surface area contributed by atoms with Crippen LogP contribution in [0.3, 0.4) is 0 Å². The van der Waals surface area contributed by atoms with Crippen molar-refractivity contribution in [3.05, 3.63) is 70.8 Å². The van der Waals surface area contributed by atoms with Crippen LogP contribution in [0.5, 0.6) is 11.5 Å². The molecule has 3 aromatic rings. The van der Waals surface area contributed by atoms with Gasteiger partial charge in [-0.3, -0.25) is 4.79 Å². The van der Waals surface area contributed by atoms with Crippen LogP contribution in [0.25, 0.3) is 0 Å². The number of nitrogens with zero attached hydrogens (tertiary/aromatic N) is 2. The summed E-state index contributed by atoms with van der Waals surface area (Å²) in [5.41, 5.74) is 2.23. The van der Waals surface area contributed by atoms with Crippen LogP contribution in [0.15, 0.2) is 48.8 Å². The summed E-state index contributed by atoms with van der Waals surface area (Å²) in [6.07, 6.45) is 4.57. The largest absolute Gasteiger partial charge is 0.490 e. The number of amides is 1. The number of carbonyl (C=O) groups is 1. The number of hydrogen-bond acceptors (Lipinski definition) is 4. The fourth-order valence-electron chi connectivity index (χ4n) is 2.97. The number of aromatic nitrogens is 2. The Morgan fingerprint density at radius 3 is 2.57 bits per heavy atom. The quantitative estimate of drug-likeness (QED) is 0.501. The second-order valence-corrected chi connectivity index (χ2v) is 7.23. The second-order valence-electron chi connectivity index (χ2n) is 6.82. The molecule has 0 saturated carbocycles. The van der Waals surface area contributed by atoms with Gasteiger partial charge >= 0.3 is 0 Å². The Kier molecular flexibility index (Phi) is 7.36. The smallest absolute Gasteiger partial charge is 0.255 e. The van der Waals surface area contributed by atoms with Crippen molar-refractivity contribution in [1.82, 2.24) is 9.55 Å². The number of imidazole rings is 1. The van der Waals surface area contributed by atoms with Gasteiger partial charge in [-0.15, -0.1) is 0 Å². The molecular weight excluding hydrogens is 402 g/mol. The molecule has 0 aliphatic carbocycles. The van der Waals surface area contributed by atoms with Crippen LogP contribution >= 0.6 is 11.6 Å². The lowest BCUT2D eigenvalue weighted by Crippen LogP contribution is -2.13. The van der Waals surface area contributed by atoms with Gasteiger partial charge in [0.1, 0.15) is 5.82 Å². The van der Waals surface area contributed by atoms with E-state index in [0.717, 1.165) is 24.4 Å². The number of hydrogen-bond donors (Lipinski definition) is 1. The maximum atomic E-state index is 12.8. The van der Waals surface area contributed by atoms with E-state index in [2.05, 4.69) is 14.9 Å². The molecule has 1 amide bonds. The van der Waals surface area contributed by atoms with E-state index in [9.17, 15) is 4.79 Å². The first-order valence-electron chi connectivity index (χ1n) is 9.99. The lowest BCUT2D eigenvalue weighted by atomic mass is 10.1. The third-order valence-corrected chi connectivity index (χ3v) is 4.79. The number of benzene rings is 2. The zero-order valence-corrected chi connectivity index (χ0v) is 18.2. The number of anilines is 1. The molecule has 30 heavy (non-hydrogen) atoms. The maximum absolute atomic E-state index is 12.8. The predicted octanol–water partition coefficient (Wildman–Crippen LogP) is 5.33. The van der Waals surface area contributed by atoms with Crippen LogP contribution in [0, 0.1) is 6.92 Å². The van der Waals surface area contributed by atoms with E-state index < -0.39 is 0 Å². The van der Waals surface area contributed by atoms with Crippen LogP contribution in [0.1, 0.15) is 42.0 Å². The van der Waals surface area contributed by atoms with Gasteiger partial charge in [0, 0.05) is 30.2 Å². The standard InChI is InChI=1S/C23H26ClN3O3/c1-4-12-30-22-20(24)13-18(14-21(22)29-5-2)23(28)26-19-8-6-17(7-9-19)15-27-11-10-25-16(27)3/h6-11,13-14H,4-5,12,15H2,1-3H3,(H,26,28). The highest BCUT2D eigenvalue weighted by Crippen LogP contribution is 2.37. The normalized spacial score (nSPS) is 10.7. The maximum Gasteiger partial charge on any atom is 0.255 e. The summed E-state index contributed by atoms with van der Waals surface area (Å²) in [6, 6.07) is 11.0. The average Bonchev–Trinajstić information content (AvgIpc) is 3.13. The summed E-state index contributed by atoms with van der Waals surface area (Å²) in [4.78, 5) is 17.0.